The Morgan fingerprint density at radius 1 is 1.25 bits per heavy atom. The zero-order chi connectivity index (χ0) is 11.4. The Balaban J connectivity index is 1.91. The monoisotopic (exact) mass is 219 g/mol. The molecule has 0 radical (unpaired) electrons. The van der Waals surface area contributed by atoms with Crippen LogP contribution >= 0.6 is 0 Å². The molecule has 1 aliphatic rings. The molecule has 1 aliphatic carbocycles. The maximum Gasteiger partial charge on any atom is 0.0723 e. The Morgan fingerprint density at radius 2 is 2.00 bits per heavy atom. The third-order valence-electron chi connectivity index (χ3n) is 3.51. The Hall–Kier alpha value is -1.02. The van der Waals surface area contributed by atoms with Gasteiger partial charge < -0.3 is 10.5 Å². The van der Waals surface area contributed by atoms with Crippen molar-refractivity contribution in [2.75, 3.05) is 5.73 Å². The van der Waals surface area contributed by atoms with E-state index in [4.69, 9.17) is 10.5 Å². The van der Waals surface area contributed by atoms with Crippen LogP contribution < -0.4 is 5.73 Å². The molecule has 16 heavy (non-hydrogen) atoms. The molecule has 88 valence electrons. The van der Waals surface area contributed by atoms with Gasteiger partial charge in [-0.2, -0.15) is 0 Å². The summed E-state index contributed by atoms with van der Waals surface area (Å²) >= 11 is 0. The fourth-order valence-corrected chi connectivity index (χ4v) is 2.30. The second-order valence-corrected chi connectivity index (χ2v) is 4.70. The molecule has 0 aliphatic heterocycles. The summed E-state index contributed by atoms with van der Waals surface area (Å²) in [7, 11) is 0. The number of hydrogen-bond acceptors (Lipinski definition) is 2. The Morgan fingerprint density at radius 3 is 2.75 bits per heavy atom. The fraction of sp³-hybridized carbons (Fsp3) is 0.571. The number of hydrogen-bond donors (Lipinski definition) is 1. The van der Waals surface area contributed by atoms with Crippen molar-refractivity contribution in [2.24, 2.45) is 0 Å². The minimum atomic E-state index is 0.467. The van der Waals surface area contributed by atoms with Gasteiger partial charge in [-0.25, -0.2) is 0 Å². The minimum Gasteiger partial charge on any atom is -0.399 e. The summed E-state index contributed by atoms with van der Waals surface area (Å²) in [6, 6.07) is 6.05. The van der Waals surface area contributed by atoms with Gasteiger partial charge in [-0.3, -0.25) is 0 Å². The van der Waals surface area contributed by atoms with Crippen LogP contribution in [0.25, 0.3) is 0 Å². The van der Waals surface area contributed by atoms with Crippen LogP contribution in [0.3, 0.4) is 0 Å². The Bertz CT molecular complexity index is 343. The third kappa shape index (κ3) is 2.76. The lowest BCUT2D eigenvalue weighted by molar-refractivity contribution is 0.0167. The van der Waals surface area contributed by atoms with Crippen molar-refractivity contribution in [2.45, 2.75) is 51.7 Å². The van der Waals surface area contributed by atoms with Gasteiger partial charge in [0, 0.05) is 5.69 Å². The number of anilines is 1. The van der Waals surface area contributed by atoms with Crippen LogP contribution in [0.4, 0.5) is 5.69 Å². The molecule has 0 amide bonds. The average Bonchev–Trinajstić information content (AvgIpc) is 2.32. The van der Waals surface area contributed by atoms with Crippen LogP contribution in [0.5, 0.6) is 0 Å². The van der Waals surface area contributed by atoms with Crippen molar-refractivity contribution in [1.29, 1.82) is 0 Å². The van der Waals surface area contributed by atoms with Gasteiger partial charge in [0.25, 0.3) is 0 Å². The lowest BCUT2D eigenvalue weighted by Gasteiger charge is -2.22. The van der Waals surface area contributed by atoms with Crippen LogP contribution in [0, 0.1) is 6.92 Å². The highest BCUT2D eigenvalue weighted by atomic mass is 16.5. The first-order valence-corrected chi connectivity index (χ1v) is 6.23. The van der Waals surface area contributed by atoms with E-state index in [1.165, 1.54) is 43.2 Å². The predicted molar refractivity (Wildman–Crippen MR) is 67.3 cm³/mol. The molecule has 1 fully saturated rings. The van der Waals surface area contributed by atoms with E-state index in [1.54, 1.807) is 0 Å². The van der Waals surface area contributed by atoms with E-state index in [1.807, 2.05) is 12.1 Å². The van der Waals surface area contributed by atoms with E-state index in [0.717, 1.165) is 5.69 Å². The van der Waals surface area contributed by atoms with Crippen molar-refractivity contribution >= 4 is 5.69 Å². The lowest BCUT2D eigenvalue weighted by Crippen LogP contribution is -2.16. The summed E-state index contributed by atoms with van der Waals surface area (Å²) in [5.41, 5.74) is 9.13. The molecular formula is C14H21NO. The molecule has 0 aromatic heterocycles. The van der Waals surface area contributed by atoms with Crippen molar-refractivity contribution < 1.29 is 4.74 Å². The van der Waals surface area contributed by atoms with Gasteiger partial charge in [-0.15, -0.1) is 0 Å². The molecule has 2 N–H and O–H groups in total. The molecule has 0 spiro atoms. The Kier molecular flexibility index (Phi) is 3.83. The van der Waals surface area contributed by atoms with Gasteiger partial charge >= 0.3 is 0 Å². The van der Waals surface area contributed by atoms with Crippen LogP contribution in [0.2, 0.25) is 0 Å². The van der Waals surface area contributed by atoms with Crippen LogP contribution in [-0.4, -0.2) is 6.10 Å². The highest BCUT2D eigenvalue weighted by Crippen LogP contribution is 2.23. The second kappa shape index (κ2) is 5.35. The van der Waals surface area contributed by atoms with Crippen LogP contribution in [0.1, 0.15) is 43.2 Å². The summed E-state index contributed by atoms with van der Waals surface area (Å²) in [6.07, 6.45) is 6.93. The van der Waals surface area contributed by atoms with Crippen molar-refractivity contribution in [3.63, 3.8) is 0 Å². The number of ether oxygens (including phenoxy) is 1. The van der Waals surface area contributed by atoms with E-state index in [2.05, 4.69) is 13.0 Å². The maximum absolute atomic E-state index is 5.95. The van der Waals surface area contributed by atoms with Crippen molar-refractivity contribution in [1.82, 2.24) is 0 Å². The van der Waals surface area contributed by atoms with E-state index in [-0.39, 0.29) is 0 Å². The van der Waals surface area contributed by atoms with Crippen LogP contribution in [0.15, 0.2) is 18.2 Å². The molecule has 1 saturated carbocycles. The number of rotatable bonds is 3. The zero-order valence-electron chi connectivity index (χ0n) is 10.0. The maximum atomic E-state index is 5.95. The van der Waals surface area contributed by atoms with Crippen LogP contribution in [-0.2, 0) is 11.3 Å². The van der Waals surface area contributed by atoms with Gasteiger partial charge in [-0.1, -0.05) is 31.4 Å². The first-order valence-electron chi connectivity index (χ1n) is 6.23. The standard InChI is InChI=1S/C14H21NO/c1-11-12(6-5-9-14(11)15)10-16-13-7-3-2-4-8-13/h5-6,9,13H,2-4,7-8,10,15H2,1H3. The molecule has 2 heteroatoms. The molecule has 2 rings (SSSR count). The van der Waals surface area contributed by atoms with Gasteiger partial charge in [0.15, 0.2) is 0 Å². The van der Waals surface area contributed by atoms with Crippen molar-refractivity contribution in [3.8, 4) is 0 Å². The largest absolute Gasteiger partial charge is 0.399 e. The van der Waals surface area contributed by atoms with Gasteiger partial charge in [0.05, 0.1) is 12.7 Å². The first-order chi connectivity index (χ1) is 7.77. The third-order valence-corrected chi connectivity index (χ3v) is 3.51. The lowest BCUT2D eigenvalue weighted by atomic mass is 9.98. The van der Waals surface area contributed by atoms with E-state index >= 15 is 0 Å². The van der Waals surface area contributed by atoms with E-state index in [9.17, 15) is 0 Å². The topological polar surface area (TPSA) is 35.2 Å². The normalized spacial score (nSPS) is 17.6. The molecule has 0 atom stereocenters. The highest BCUT2D eigenvalue weighted by Gasteiger charge is 2.14. The van der Waals surface area contributed by atoms with Gasteiger partial charge in [-0.05, 0) is 37.0 Å². The molecule has 0 bridgehead atoms. The van der Waals surface area contributed by atoms with Gasteiger partial charge in [0.2, 0.25) is 0 Å². The summed E-state index contributed by atoms with van der Waals surface area (Å²) in [5, 5.41) is 0. The molecule has 0 unspecified atom stereocenters. The summed E-state index contributed by atoms with van der Waals surface area (Å²) in [6.45, 7) is 2.77. The van der Waals surface area contributed by atoms with E-state index < -0.39 is 0 Å². The number of benzene rings is 1. The quantitative estimate of drug-likeness (QED) is 0.790. The van der Waals surface area contributed by atoms with Crippen molar-refractivity contribution in [3.05, 3.63) is 29.3 Å². The van der Waals surface area contributed by atoms with Gasteiger partial charge in [0.1, 0.15) is 0 Å². The summed E-state index contributed by atoms with van der Waals surface area (Å²) in [5.74, 6) is 0. The predicted octanol–water partition coefficient (Wildman–Crippen LogP) is 3.43. The fourth-order valence-electron chi connectivity index (χ4n) is 2.30. The minimum absolute atomic E-state index is 0.467. The first kappa shape index (κ1) is 11.5. The molecule has 0 heterocycles. The average molecular weight is 219 g/mol. The number of nitrogen functional groups attached to an aromatic ring is 1. The SMILES string of the molecule is Cc1c(N)cccc1COC1CCCCC1. The Labute approximate surface area is 97.8 Å². The smallest absolute Gasteiger partial charge is 0.0723 e. The zero-order valence-corrected chi connectivity index (χ0v) is 10.0. The molecule has 0 saturated heterocycles. The second-order valence-electron chi connectivity index (χ2n) is 4.70. The molecule has 1 aromatic rings. The summed E-state index contributed by atoms with van der Waals surface area (Å²) < 4.78 is 5.95. The molecular weight excluding hydrogens is 198 g/mol. The van der Waals surface area contributed by atoms with E-state index in [0.29, 0.717) is 12.7 Å². The molecule has 2 nitrogen and oxygen atoms in total. The summed E-state index contributed by atoms with van der Waals surface area (Å²) in [4.78, 5) is 0. The molecule has 1 aromatic carbocycles. The number of nitrogens with two attached hydrogens (primary N) is 1. The highest BCUT2D eigenvalue weighted by molar-refractivity contribution is 5.49.